The van der Waals surface area contributed by atoms with Gasteiger partial charge in [0.15, 0.2) is 5.82 Å². The summed E-state index contributed by atoms with van der Waals surface area (Å²) in [5, 5.41) is 7.06. The van der Waals surface area contributed by atoms with Crippen LogP contribution in [-0.4, -0.2) is 28.7 Å². The van der Waals surface area contributed by atoms with Crippen LogP contribution in [0.4, 0.5) is 5.82 Å². The Kier molecular flexibility index (Phi) is 2.73. The normalized spacial score (nSPS) is 21.3. The average molecular weight is 208 g/mol. The maximum atomic E-state index is 11.5. The Morgan fingerprint density at radius 2 is 2.53 bits per heavy atom. The van der Waals surface area contributed by atoms with Crippen molar-refractivity contribution in [3.05, 3.63) is 11.8 Å². The number of rotatable bonds is 3. The van der Waals surface area contributed by atoms with E-state index in [1.54, 1.807) is 4.90 Å². The average Bonchev–Trinajstić information content (AvgIpc) is 2.73. The second kappa shape index (κ2) is 4.02. The number of hydrogen-bond donors (Lipinski definition) is 2. The molecule has 82 valence electrons. The molecular weight excluding hydrogens is 192 g/mol. The third-order valence-electron chi connectivity index (χ3n) is 2.57. The van der Waals surface area contributed by atoms with Gasteiger partial charge in [0.1, 0.15) is 0 Å². The highest BCUT2D eigenvalue weighted by Crippen LogP contribution is 2.19. The first-order valence-corrected chi connectivity index (χ1v) is 5.31. The molecule has 0 spiro atoms. The van der Waals surface area contributed by atoms with Gasteiger partial charge in [-0.3, -0.25) is 14.8 Å². The summed E-state index contributed by atoms with van der Waals surface area (Å²) >= 11 is 0. The first kappa shape index (κ1) is 10.2. The Hall–Kier alpha value is -1.36. The summed E-state index contributed by atoms with van der Waals surface area (Å²) in [6, 6.07) is 1.88. The zero-order chi connectivity index (χ0) is 10.8. The van der Waals surface area contributed by atoms with Crippen molar-refractivity contribution in [1.82, 2.24) is 10.2 Å². The van der Waals surface area contributed by atoms with Gasteiger partial charge < -0.3 is 5.73 Å². The zero-order valence-corrected chi connectivity index (χ0v) is 8.86. The van der Waals surface area contributed by atoms with E-state index in [9.17, 15) is 4.79 Å². The minimum Gasteiger partial charge on any atom is -0.326 e. The molecule has 2 heterocycles. The molecule has 1 amide bonds. The van der Waals surface area contributed by atoms with E-state index in [0.29, 0.717) is 18.8 Å². The van der Waals surface area contributed by atoms with Gasteiger partial charge in [-0.1, -0.05) is 13.3 Å². The lowest BCUT2D eigenvalue weighted by atomic mass is 10.2. The molecule has 1 aromatic rings. The number of H-pyrrole nitrogens is 1. The van der Waals surface area contributed by atoms with E-state index in [4.69, 9.17) is 5.73 Å². The van der Waals surface area contributed by atoms with E-state index in [1.165, 1.54) is 0 Å². The molecule has 1 atom stereocenters. The number of nitrogens with one attached hydrogen (secondary N) is 1. The predicted molar refractivity (Wildman–Crippen MR) is 57.5 cm³/mol. The Balaban J connectivity index is 2.12. The Bertz CT molecular complexity index is 360. The van der Waals surface area contributed by atoms with Crippen molar-refractivity contribution in [3.63, 3.8) is 0 Å². The smallest absolute Gasteiger partial charge is 0.229 e. The summed E-state index contributed by atoms with van der Waals surface area (Å²) < 4.78 is 0. The van der Waals surface area contributed by atoms with Gasteiger partial charge >= 0.3 is 0 Å². The summed E-state index contributed by atoms with van der Waals surface area (Å²) in [5.41, 5.74) is 6.79. The van der Waals surface area contributed by atoms with Crippen LogP contribution in [0.2, 0.25) is 0 Å². The largest absolute Gasteiger partial charge is 0.326 e. The number of aromatic nitrogens is 2. The van der Waals surface area contributed by atoms with E-state index in [-0.39, 0.29) is 11.9 Å². The third kappa shape index (κ3) is 2.02. The van der Waals surface area contributed by atoms with Gasteiger partial charge in [-0.2, -0.15) is 5.10 Å². The third-order valence-corrected chi connectivity index (χ3v) is 2.57. The van der Waals surface area contributed by atoms with Gasteiger partial charge in [0.25, 0.3) is 0 Å². The molecule has 1 saturated heterocycles. The van der Waals surface area contributed by atoms with E-state index in [2.05, 4.69) is 17.1 Å². The standard InChI is InChI=1S/C10H16N4O/c1-2-3-8-5-9(13-12-8)14-6-7(11)4-10(14)15/h5,7H,2-4,6,11H2,1H3,(H,12,13). The lowest BCUT2D eigenvalue weighted by Crippen LogP contribution is -2.28. The number of hydrogen-bond acceptors (Lipinski definition) is 3. The van der Waals surface area contributed by atoms with Gasteiger partial charge in [0, 0.05) is 30.8 Å². The molecule has 1 aliphatic heterocycles. The SMILES string of the molecule is CCCc1cc(N2CC(N)CC2=O)n[nH]1. The fourth-order valence-corrected chi connectivity index (χ4v) is 1.84. The molecular formula is C10H16N4O. The van der Waals surface area contributed by atoms with Crippen molar-refractivity contribution in [1.29, 1.82) is 0 Å². The number of amides is 1. The maximum Gasteiger partial charge on any atom is 0.229 e. The molecule has 1 aromatic heterocycles. The fourth-order valence-electron chi connectivity index (χ4n) is 1.84. The van der Waals surface area contributed by atoms with Gasteiger partial charge in [0.2, 0.25) is 5.91 Å². The number of nitrogens with zero attached hydrogens (tertiary/aromatic N) is 2. The second-order valence-electron chi connectivity index (χ2n) is 3.97. The van der Waals surface area contributed by atoms with Crippen LogP contribution in [0.25, 0.3) is 0 Å². The highest BCUT2D eigenvalue weighted by molar-refractivity contribution is 5.95. The van der Waals surface area contributed by atoms with Gasteiger partial charge in [-0.25, -0.2) is 0 Å². The van der Waals surface area contributed by atoms with Crippen LogP contribution >= 0.6 is 0 Å². The van der Waals surface area contributed by atoms with Crippen LogP contribution in [0.5, 0.6) is 0 Å². The van der Waals surface area contributed by atoms with Crippen molar-refractivity contribution < 1.29 is 4.79 Å². The summed E-state index contributed by atoms with van der Waals surface area (Å²) in [6.45, 7) is 2.69. The first-order valence-electron chi connectivity index (χ1n) is 5.31. The van der Waals surface area contributed by atoms with Crippen molar-refractivity contribution in [2.24, 2.45) is 5.73 Å². The van der Waals surface area contributed by atoms with Gasteiger partial charge in [-0.05, 0) is 6.42 Å². The minimum atomic E-state index is -0.0520. The first-order chi connectivity index (χ1) is 7.20. The number of carbonyl (C=O) groups is 1. The number of nitrogens with two attached hydrogens (primary N) is 1. The number of carbonyl (C=O) groups excluding carboxylic acids is 1. The molecule has 0 saturated carbocycles. The minimum absolute atomic E-state index is 0.0520. The lowest BCUT2D eigenvalue weighted by Gasteiger charge is -2.11. The highest BCUT2D eigenvalue weighted by atomic mass is 16.2. The summed E-state index contributed by atoms with van der Waals surface area (Å²) in [4.78, 5) is 13.2. The van der Waals surface area contributed by atoms with E-state index in [1.807, 2.05) is 6.07 Å². The lowest BCUT2D eigenvalue weighted by molar-refractivity contribution is -0.117. The molecule has 3 N–H and O–H groups in total. The second-order valence-corrected chi connectivity index (χ2v) is 3.97. The van der Waals surface area contributed by atoms with Crippen molar-refractivity contribution in [3.8, 4) is 0 Å². The van der Waals surface area contributed by atoms with Crippen LogP contribution in [-0.2, 0) is 11.2 Å². The number of aromatic amines is 1. The molecule has 5 heteroatoms. The topological polar surface area (TPSA) is 75.0 Å². The summed E-state index contributed by atoms with van der Waals surface area (Å²) in [5.74, 6) is 0.772. The monoisotopic (exact) mass is 208 g/mol. The summed E-state index contributed by atoms with van der Waals surface area (Å²) in [7, 11) is 0. The Labute approximate surface area is 88.6 Å². The van der Waals surface area contributed by atoms with Crippen LogP contribution in [0.3, 0.4) is 0 Å². The van der Waals surface area contributed by atoms with Crippen molar-refractivity contribution in [2.75, 3.05) is 11.4 Å². The van der Waals surface area contributed by atoms with Crippen LogP contribution in [0.15, 0.2) is 6.07 Å². The molecule has 0 radical (unpaired) electrons. The highest BCUT2D eigenvalue weighted by Gasteiger charge is 2.29. The number of anilines is 1. The fraction of sp³-hybridized carbons (Fsp3) is 0.600. The molecule has 5 nitrogen and oxygen atoms in total. The zero-order valence-electron chi connectivity index (χ0n) is 8.86. The van der Waals surface area contributed by atoms with E-state index in [0.717, 1.165) is 18.5 Å². The molecule has 0 aliphatic carbocycles. The quantitative estimate of drug-likeness (QED) is 0.756. The molecule has 1 aliphatic rings. The molecule has 0 bridgehead atoms. The van der Waals surface area contributed by atoms with Crippen LogP contribution in [0.1, 0.15) is 25.5 Å². The van der Waals surface area contributed by atoms with Crippen LogP contribution < -0.4 is 10.6 Å². The molecule has 0 aromatic carbocycles. The van der Waals surface area contributed by atoms with E-state index >= 15 is 0 Å². The van der Waals surface area contributed by atoms with Crippen LogP contribution in [0, 0.1) is 0 Å². The Morgan fingerprint density at radius 1 is 1.73 bits per heavy atom. The molecule has 2 rings (SSSR count). The predicted octanol–water partition coefficient (Wildman–Crippen LogP) is 0.426. The van der Waals surface area contributed by atoms with Crippen molar-refractivity contribution in [2.45, 2.75) is 32.2 Å². The van der Waals surface area contributed by atoms with Gasteiger partial charge in [-0.15, -0.1) is 0 Å². The molecule has 1 fully saturated rings. The molecule has 1 unspecified atom stereocenters. The summed E-state index contributed by atoms with van der Waals surface area (Å²) in [6.07, 6.45) is 2.45. The number of aryl methyl sites for hydroxylation is 1. The Morgan fingerprint density at radius 3 is 3.13 bits per heavy atom. The van der Waals surface area contributed by atoms with Crippen molar-refractivity contribution >= 4 is 11.7 Å². The maximum absolute atomic E-state index is 11.5. The van der Waals surface area contributed by atoms with Gasteiger partial charge in [0.05, 0.1) is 0 Å². The molecule has 15 heavy (non-hydrogen) atoms. The van der Waals surface area contributed by atoms with E-state index < -0.39 is 0 Å².